The standard InChI is InChI=1S/C13H13N3O3S/c1-3-10-14-16(7(2)13(18)19)11(17)9-6-8-4-5-20-12(8)15(9)10/h4-7H,3H2,1-2H3,(H,18,19)/t7-/m1/s1. The maximum absolute atomic E-state index is 12.4. The van der Waals surface area contributed by atoms with Gasteiger partial charge in [-0.1, -0.05) is 6.92 Å². The van der Waals surface area contributed by atoms with Crippen LogP contribution < -0.4 is 5.56 Å². The molecule has 1 N–H and O–H groups in total. The summed E-state index contributed by atoms with van der Waals surface area (Å²) < 4.78 is 2.88. The molecule has 0 aromatic carbocycles. The molecule has 0 bridgehead atoms. The molecular formula is C13H13N3O3S. The molecule has 0 spiro atoms. The lowest BCUT2D eigenvalue weighted by Crippen LogP contribution is -2.32. The molecule has 3 aromatic rings. The van der Waals surface area contributed by atoms with E-state index < -0.39 is 12.0 Å². The first-order chi connectivity index (χ1) is 9.54. The van der Waals surface area contributed by atoms with Crippen molar-refractivity contribution in [1.29, 1.82) is 0 Å². The fourth-order valence-corrected chi connectivity index (χ4v) is 3.18. The van der Waals surface area contributed by atoms with Gasteiger partial charge in [-0.2, -0.15) is 5.10 Å². The molecule has 0 unspecified atom stereocenters. The topological polar surface area (TPSA) is 76.6 Å². The number of carboxylic acid groups (broad SMARTS) is 1. The number of aliphatic carboxylic acids is 1. The van der Waals surface area contributed by atoms with Crippen LogP contribution in [0.25, 0.3) is 15.7 Å². The molecule has 0 saturated carbocycles. The molecule has 3 rings (SSSR count). The molecule has 0 saturated heterocycles. The van der Waals surface area contributed by atoms with Crippen LogP contribution in [0.4, 0.5) is 0 Å². The van der Waals surface area contributed by atoms with Crippen LogP contribution in [0.5, 0.6) is 0 Å². The van der Waals surface area contributed by atoms with Crippen molar-refractivity contribution < 1.29 is 9.90 Å². The Labute approximate surface area is 117 Å². The monoisotopic (exact) mass is 291 g/mol. The molecule has 0 aliphatic carbocycles. The van der Waals surface area contributed by atoms with Gasteiger partial charge in [-0.25, -0.2) is 9.48 Å². The number of carboxylic acids is 1. The van der Waals surface area contributed by atoms with Crippen LogP contribution in [0.3, 0.4) is 0 Å². The Bertz CT molecular complexity index is 874. The summed E-state index contributed by atoms with van der Waals surface area (Å²) in [5, 5.41) is 16.3. The van der Waals surface area contributed by atoms with E-state index in [4.69, 9.17) is 5.11 Å². The highest BCUT2D eigenvalue weighted by molar-refractivity contribution is 7.16. The lowest BCUT2D eigenvalue weighted by Gasteiger charge is -2.12. The number of rotatable bonds is 3. The van der Waals surface area contributed by atoms with E-state index >= 15 is 0 Å². The Balaban J connectivity index is 2.44. The Morgan fingerprint density at radius 2 is 2.30 bits per heavy atom. The number of carbonyl (C=O) groups is 1. The zero-order valence-corrected chi connectivity index (χ0v) is 11.8. The van der Waals surface area contributed by atoms with Gasteiger partial charge in [0, 0.05) is 11.8 Å². The highest BCUT2D eigenvalue weighted by Crippen LogP contribution is 2.25. The lowest BCUT2D eigenvalue weighted by atomic mass is 10.3. The van der Waals surface area contributed by atoms with Crippen LogP contribution in [0, 0.1) is 0 Å². The van der Waals surface area contributed by atoms with Crippen LogP contribution in [0.1, 0.15) is 25.7 Å². The Morgan fingerprint density at radius 1 is 1.55 bits per heavy atom. The van der Waals surface area contributed by atoms with Gasteiger partial charge in [0.2, 0.25) is 0 Å². The quantitative estimate of drug-likeness (QED) is 0.800. The normalized spacial score (nSPS) is 13.1. The van der Waals surface area contributed by atoms with Gasteiger partial charge in [0.15, 0.2) is 6.04 Å². The van der Waals surface area contributed by atoms with Crippen molar-refractivity contribution in [2.24, 2.45) is 0 Å². The van der Waals surface area contributed by atoms with E-state index in [9.17, 15) is 9.59 Å². The third-order valence-electron chi connectivity index (χ3n) is 3.36. The molecule has 104 valence electrons. The molecule has 0 amide bonds. The highest BCUT2D eigenvalue weighted by Gasteiger charge is 2.20. The molecule has 0 fully saturated rings. The SMILES string of the molecule is CCc1nn([C@H](C)C(=O)O)c(=O)c2cc3ccsc3n12. The molecule has 3 heterocycles. The average Bonchev–Trinajstić information content (AvgIpc) is 2.99. The van der Waals surface area contributed by atoms with Gasteiger partial charge in [-0.05, 0) is 24.4 Å². The third-order valence-corrected chi connectivity index (χ3v) is 4.27. The van der Waals surface area contributed by atoms with Crippen molar-refractivity contribution in [3.8, 4) is 0 Å². The fourth-order valence-electron chi connectivity index (χ4n) is 2.27. The molecule has 7 heteroatoms. The first-order valence-corrected chi connectivity index (χ1v) is 7.15. The minimum absolute atomic E-state index is 0.375. The summed E-state index contributed by atoms with van der Waals surface area (Å²) in [5.41, 5.74) is 0.104. The Hall–Kier alpha value is -2.15. The Kier molecular flexibility index (Phi) is 2.86. The smallest absolute Gasteiger partial charge is 0.328 e. The van der Waals surface area contributed by atoms with E-state index in [2.05, 4.69) is 5.10 Å². The first-order valence-electron chi connectivity index (χ1n) is 6.27. The molecule has 0 aliphatic rings. The molecule has 20 heavy (non-hydrogen) atoms. The summed E-state index contributed by atoms with van der Waals surface area (Å²) in [7, 11) is 0. The van der Waals surface area contributed by atoms with Gasteiger partial charge < -0.3 is 5.11 Å². The zero-order valence-electron chi connectivity index (χ0n) is 11.0. The number of nitrogens with zero attached hydrogens (tertiary/aromatic N) is 3. The van der Waals surface area contributed by atoms with Crippen LogP contribution in [0.2, 0.25) is 0 Å². The summed E-state index contributed by atoms with van der Waals surface area (Å²) in [5.74, 6) is -0.385. The number of hydrogen-bond donors (Lipinski definition) is 1. The lowest BCUT2D eigenvalue weighted by molar-refractivity contribution is -0.140. The fraction of sp³-hybridized carbons (Fsp3) is 0.308. The van der Waals surface area contributed by atoms with Crippen molar-refractivity contribution in [1.82, 2.24) is 14.2 Å². The maximum Gasteiger partial charge on any atom is 0.328 e. The number of fused-ring (bicyclic) bond motifs is 3. The van der Waals surface area contributed by atoms with Gasteiger partial charge in [-0.15, -0.1) is 11.3 Å². The second-order valence-corrected chi connectivity index (χ2v) is 5.47. The number of aromatic nitrogens is 3. The van der Waals surface area contributed by atoms with E-state index in [-0.39, 0.29) is 5.56 Å². The molecule has 1 atom stereocenters. The van der Waals surface area contributed by atoms with Gasteiger partial charge in [0.1, 0.15) is 16.2 Å². The summed E-state index contributed by atoms with van der Waals surface area (Å²) in [6.07, 6.45) is 0.616. The molecule has 0 aliphatic heterocycles. The van der Waals surface area contributed by atoms with Crippen molar-refractivity contribution >= 4 is 33.0 Å². The first kappa shape index (κ1) is 12.9. The van der Waals surface area contributed by atoms with Gasteiger partial charge in [-0.3, -0.25) is 9.20 Å². The second kappa shape index (κ2) is 4.45. The van der Waals surface area contributed by atoms with Crippen molar-refractivity contribution in [3.05, 3.63) is 33.7 Å². The number of aryl methyl sites for hydroxylation is 1. The van der Waals surface area contributed by atoms with Crippen molar-refractivity contribution in [3.63, 3.8) is 0 Å². The van der Waals surface area contributed by atoms with Crippen LogP contribution >= 0.6 is 11.3 Å². The number of hydrogen-bond acceptors (Lipinski definition) is 4. The molecule has 0 radical (unpaired) electrons. The van der Waals surface area contributed by atoms with Gasteiger partial charge >= 0.3 is 5.97 Å². The average molecular weight is 291 g/mol. The van der Waals surface area contributed by atoms with E-state index in [1.54, 1.807) is 17.4 Å². The Morgan fingerprint density at radius 3 is 2.95 bits per heavy atom. The highest BCUT2D eigenvalue weighted by atomic mass is 32.1. The summed E-state index contributed by atoms with van der Waals surface area (Å²) in [4.78, 5) is 24.5. The minimum atomic E-state index is -1.07. The van der Waals surface area contributed by atoms with E-state index in [0.717, 1.165) is 14.9 Å². The van der Waals surface area contributed by atoms with E-state index in [1.807, 2.05) is 22.8 Å². The second-order valence-electron chi connectivity index (χ2n) is 4.58. The van der Waals surface area contributed by atoms with E-state index in [1.165, 1.54) is 6.92 Å². The van der Waals surface area contributed by atoms with Gasteiger partial charge in [0.05, 0.1) is 0 Å². The predicted octanol–water partition coefficient (Wildman–Crippen LogP) is 1.92. The zero-order chi connectivity index (χ0) is 14.4. The largest absolute Gasteiger partial charge is 0.480 e. The van der Waals surface area contributed by atoms with Crippen molar-refractivity contribution in [2.75, 3.05) is 0 Å². The molecular weight excluding hydrogens is 278 g/mol. The van der Waals surface area contributed by atoms with Crippen LogP contribution in [-0.4, -0.2) is 25.3 Å². The summed E-state index contributed by atoms with van der Waals surface area (Å²) in [6, 6.07) is 2.75. The minimum Gasteiger partial charge on any atom is -0.480 e. The summed E-state index contributed by atoms with van der Waals surface area (Å²) >= 11 is 1.54. The van der Waals surface area contributed by atoms with Crippen LogP contribution in [-0.2, 0) is 11.2 Å². The predicted molar refractivity (Wildman–Crippen MR) is 76.6 cm³/mol. The maximum atomic E-state index is 12.4. The third kappa shape index (κ3) is 1.66. The van der Waals surface area contributed by atoms with Crippen molar-refractivity contribution in [2.45, 2.75) is 26.3 Å². The van der Waals surface area contributed by atoms with Gasteiger partial charge in [0.25, 0.3) is 5.56 Å². The molecule has 6 nitrogen and oxygen atoms in total. The van der Waals surface area contributed by atoms with E-state index in [0.29, 0.717) is 17.8 Å². The van der Waals surface area contributed by atoms with Crippen LogP contribution in [0.15, 0.2) is 22.3 Å². The number of thiophene rings is 1. The summed E-state index contributed by atoms with van der Waals surface area (Å²) in [6.45, 7) is 3.39. The molecule has 3 aromatic heterocycles.